The zero-order chi connectivity index (χ0) is 18.8. The van der Waals surface area contributed by atoms with Crippen molar-refractivity contribution in [2.45, 2.75) is 39.7 Å². The third-order valence-electron chi connectivity index (χ3n) is 5.57. The molecule has 1 atom stereocenters. The van der Waals surface area contributed by atoms with Gasteiger partial charge in [0.2, 0.25) is 5.91 Å². The second-order valence-electron chi connectivity index (χ2n) is 7.45. The fourth-order valence-electron chi connectivity index (χ4n) is 3.86. The van der Waals surface area contributed by atoms with E-state index in [1.165, 1.54) is 12.5 Å². The Morgan fingerprint density at radius 3 is 2.27 bits per heavy atom. The Bertz CT molecular complexity index is 696. The molecule has 2 aliphatic heterocycles. The van der Waals surface area contributed by atoms with Crippen LogP contribution in [0.15, 0.2) is 12.1 Å². The Morgan fingerprint density at radius 2 is 1.69 bits per heavy atom. The minimum atomic E-state index is -0.312. The summed E-state index contributed by atoms with van der Waals surface area (Å²) in [5.74, 6) is 0.549. The molecule has 0 radical (unpaired) electrons. The molecule has 1 amide bonds. The highest BCUT2D eigenvalue weighted by Crippen LogP contribution is 2.32. The van der Waals surface area contributed by atoms with E-state index in [1.54, 1.807) is 0 Å². The second kappa shape index (κ2) is 7.66. The number of hydrogen-bond acceptors (Lipinski definition) is 5. The van der Waals surface area contributed by atoms with Gasteiger partial charge in [-0.1, -0.05) is 0 Å². The molecule has 6 heteroatoms. The third-order valence-corrected chi connectivity index (χ3v) is 5.57. The van der Waals surface area contributed by atoms with Crippen molar-refractivity contribution in [2.24, 2.45) is 0 Å². The van der Waals surface area contributed by atoms with E-state index in [9.17, 15) is 9.59 Å². The van der Waals surface area contributed by atoms with Crippen molar-refractivity contribution in [2.75, 3.05) is 44.7 Å². The largest absolute Gasteiger partial charge is 0.424 e. The topological polar surface area (TPSA) is 53.1 Å². The van der Waals surface area contributed by atoms with Crippen LogP contribution in [0.5, 0.6) is 5.75 Å². The highest BCUT2D eigenvalue weighted by molar-refractivity contribution is 5.82. The van der Waals surface area contributed by atoms with Gasteiger partial charge in [-0.15, -0.1) is 0 Å². The molecule has 1 aromatic rings. The lowest BCUT2D eigenvalue weighted by molar-refractivity contribution is -0.135. The number of carbonyl (C=O) groups is 2. The van der Waals surface area contributed by atoms with Crippen LogP contribution >= 0.6 is 0 Å². The predicted molar refractivity (Wildman–Crippen MR) is 102 cm³/mol. The minimum Gasteiger partial charge on any atom is -0.424 e. The number of nitrogens with zero attached hydrogens (tertiary/aromatic N) is 3. The van der Waals surface area contributed by atoms with Gasteiger partial charge in [0.1, 0.15) is 0 Å². The molecule has 26 heavy (non-hydrogen) atoms. The van der Waals surface area contributed by atoms with Crippen molar-refractivity contribution < 1.29 is 14.3 Å². The van der Waals surface area contributed by atoms with Gasteiger partial charge in [0, 0.05) is 33.1 Å². The summed E-state index contributed by atoms with van der Waals surface area (Å²) in [4.78, 5) is 30.6. The van der Waals surface area contributed by atoms with Gasteiger partial charge < -0.3 is 14.5 Å². The molecule has 2 aliphatic rings. The van der Waals surface area contributed by atoms with Crippen LogP contribution in [0.4, 0.5) is 5.69 Å². The number of ether oxygens (including phenoxy) is 1. The highest BCUT2D eigenvalue weighted by atomic mass is 16.5. The first kappa shape index (κ1) is 18.7. The maximum Gasteiger partial charge on any atom is 0.308 e. The van der Waals surface area contributed by atoms with Gasteiger partial charge in [-0.05, 0) is 63.5 Å². The van der Waals surface area contributed by atoms with Gasteiger partial charge in [-0.25, -0.2) is 0 Å². The van der Waals surface area contributed by atoms with Crippen molar-refractivity contribution in [3.8, 4) is 5.75 Å². The molecule has 3 rings (SSSR count). The van der Waals surface area contributed by atoms with Crippen molar-refractivity contribution in [3.63, 3.8) is 0 Å². The van der Waals surface area contributed by atoms with E-state index >= 15 is 0 Å². The Labute approximate surface area is 155 Å². The van der Waals surface area contributed by atoms with Crippen LogP contribution in [0.1, 0.15) is 30.9 Å². The lowest BCUT2D eigenvalue weighted by Crippen LogP contribution is -2.53. The maximum atomic E-state index is 12.8. The normalized spacial score (nSPS) is 21.2. The number of aryl methyl sites for hydroxylation is 2. The van der Waals surface area contributed by atoms with Crippen molar-refractivity contribution >= 4 is 17.6 Å². The number of esters is 1. The molecule has 0 bridgehead atoms. The molecule has 2 fully saturated rings. The van der Waals surface area contributed by atoms with E-state index in [2.05, 4.69) is 22.8 Å². The molecule has 1 aromatic carbocycles. The second-order valence-corrected chi connectivity index (χ2v) is 7.45. The molecule has 0 saturated carbocycles. The predicted octanol–water partition coefficient (Wildman–Crippen LogP) is 1.97. The highest BCUT2D eigenvalue weighted by Gasteiger charge is 2.33. The molecule has 0 aliphatic carbocycles. The van der Waals surface area contributed by atoms with Gasteiger partial charge in [0.15, 0.2) is 5.75 Å². The molecule has 142 valence electrons. The van der Waals surface area contributed by atoms with Gasteiger partial charge in [0.05, 0.1) is 11.7 Å². The van der Waals surface area contributed by atoms with Crippen LogP contribution in [0.2, 0.25) is 0 Å². The summed E-state index contributed by atoms with van der Waals surface area (Å²) in [7, 11) is 2.03. The Balaban J connectivity index is 1.70. The van der Waals surface area contributed by atoms with Gasteiger partial charge >= 0.3 is 5.97 Å². The van der Waals surface area contributed by atoms with Crippen molar-refractivity contribution in [1.29, 1.82) is 0 Å². The van der Waals surface area contributed by atoms with E-state index < -0.39 is 0 Å². The van der Waals surface area contributed by atoms with Crippen LogP contribution in [0.25, 0.3) is 0 Å². The monoisotopic (exact) mass is 359 g/mol. The van der Waals surface area contributed by atoms with Crippen LogP contribution in [-0.4, -0.2) is 67.5 Å². The number of rotatable bonds is 3. The summed E-state index contributed by atoms with van der Waals surface area (Å²) in [6, 6.07) is 4.05. The molecule has 2 saturated heterocycles. The molecule has 0 aromatic heterocycles. The zero-order valence-corrected chi connectivity index (χ0v) is 16.2. The van der Waals surface area contributed by atoms with Crippen LogP contribution in [0, 0.1) is 13.8 Å². The fraction of sp³-hybridized carbons (Fsp3) is 0.600. The minimum absolute atomic E-state index is 0.0415. The summed E-state index contributed by atoms with van der Waals surface area (Å²) >= 11 is 0. The van der Waals surface area contributed by atoms with Gasteiger partial charge in [0.25, 0.3) is 0 Å². The first-order chi connectivity index (χ1) is 12.4. The van der Waals surface area contributed by atoms with Crippen molar-refractivity contribution in [3.05, 3.63) is 23.3 Å². The van der Waals surface area contributed by atoms with E-state index in [4.69, 9.17) is 4.74 Å². The van der Waals surface area contributed by atoms with Crippen LogP contribution in [-0.2, 0) is 9.59 Å². The molecule has 0 N–H and O–H groups in total. The standard InChI is InChI=1S/C20H29N3O3/c1-14-12-18(19(13-15(14)2)26-16(3)24)22-8-10-23(11-9-22)20(25)17-6-5-7-21(17)4/h12-13,17H,5-11H2,1-4H3/t17-/m0/s1. The molecule has 0 spiro atoms. The number of piperazine rings is 1. The number of hydrogen-bond donors (Lipinski definition) is 0. The van der Waals surface area contributed by atoms with Gasteiger partial charge in [-0.2, -0.15) is 0 Å². The molecule has 6 nitrogen and oxygen atoms in total. The Kier molecular flexibility index (Phi) is 5.51. The number of carbonyl (C=O) groups excluding carboxylic acids is 2. The van der Waals surface area contributed by atoms with E-state index in [-0.39, 0.29) is 17.9 Å². The van der Waals surface area contributed by atoms with Gasteiger partial charge in [-0.3, -0.25) is 14.5 Å². The summed E-state index contributed by atoms with van der Waals surface area (Å²) in [5, 5.41) is 0. The maximum absolute atomic E-state index is 12.8. The van der Waals surface area contributed by atoms with Crippen LogP contribution in [0.3, 0.4) is 0 Å². The van der Waals surface area contributed by atoms with E-state index in [0.717, 1.165) is 43.7 Å². The quantitative estimate of drug-likeness (QED) is 0.610. The molecule has 0 unspecified atom stereocenters. The number of benzene rings is 1. The number of amides is 1. The van der Waals surface area contributed by atoms with Crippen LogP contribution < -0.4 is 9.64 Å². The summed E-state index contributed by atoms with van der Waals surface area (Å²) in [5.41, 5.74) is 3.21. The first-order valence-electron chi connectivity index (χ1n) is 9.40. The smallest absolute Gasteiger partial charge is 0.308 e. The van der Waals surface area contributed by atoms with E-state index in [0.29, 0.717) is 18.8 Å². The lowest BCUT2D eigenvalue weighted by Gasteiger charge is -2.38. The van der Waals surface area contributed by atoms with E-state index in [1.807, 2.05) is 24.9 Å². The van der Waals surface area contributed by atoms with Crippen molar-refractivity contribution in [1.82, 2.24) is 9.80 Å². The Hall–Kier alpha value is -2.08. The fourth-order valence-corrected chi connectivity index (χ4v) is 3.86. The lowest BCUT2D eigenvalue weighted by atomic mass is 10.1. The third kappa shape index (κ3) is 3.85. The zero-order valence-electron chi connectivity index (χ0n) is 16.2. The number of likely N-dealkylation sites (tertiary alicyclic amines) is 1. The Morgan fingerprint density at radius 1 is 1.04 bits per heavy atom. The summed E-state index contributed by atoms with van der Waals surface area (Å²) in [6.45, 7) is 9.41. The molecular formula is C20H29N3O3. The number of anilines is 1. The number of likely N-dealkylation sites (N-methyl/N-ethyl adjacent to an activating group) is 1. The summed E-state index contributed by atoms with van der Waals surface area (Å²) < 4.78 is 5.44. The average molecular weight is 359 g/mol. The summed E-state index contributed by atoms with van der Waals surface area (Å²) in [6.07, 6.45) is 2.06. The average Bonchev–Trinajstić information content (AvgIpc) is 3.03. The molecular weight excluding hydrogens is 330 g/mol. The first-order valence-corrected chi connectivity index (χ1v) is 9.40. The SMILES string of the molecule is CC(=O)Oc1cc(C)c(C)cc1N1CCN(C(=O)[C@@H]2CCCN2C)CC1. The molecule has 2 heterocycles.